The lowest BCUT2D eigenvalue weighted by Crippen LogP contribution is -2.25. The molecule has 0 aromatic heterocycles. The van der Waals surface area contributed by atoms with Crippen molar-refractivity contribution in [2.24, 2.45) is 5.92 Å². The van der Waals surface area contributed by atoms with Gasteiger partial charge in [0.25, 0.3) is 0 Å². The summed E-state index contributed by atoms with van der Waals surface area (Å²) in [7, 11) is 0. The standard InChI is InChI=1S/C12H23NO3/c1-3-4-5-11(14)13-9-8-10(2)6-7-12(15)16/h10H,3-9H2,1-2H3,(H,13,14)(H,15,16). The van der Waals surface area contributed by atoms with Crippen LogP contribution in [-0.2, 0) is 9.59 Å². The number of hydrogen-bond acceptors (Lipinski definition) is 2. The molecule has 1 unspecified atom stereocenters. The van der Waals surface area contributed by atoms with Gasteiger partial charge in [0, 0.05) is 19.4 Å². The number of nitrogens with one attached hydrogen (secondary N) is 1. The highest BCUT2D eigenvalue weighted by atomic mass is 16.4. The maximum atomic E-state index is 11.2. The van der Waals surface area contributed by atoms with Gasteiger partial charge in [0.1, 0.15) is 0 Å². The number of hydrogen-bond donors (Lipinski definition) is 2. The third-order valence-electron chi connectivity index (χ3n) is 2.57. The van der Waals surface area contributed by atoms with Crippen molar-refractivity contribution in [3.8, 4) is 0 Å². The minimum absolute atomic E-state index is 0.104. The molecule has 0 spiro atoms. The van der Waals surface area contributed by atoms with Gasteiger partial charge in [-0.05, 0) is 25.2 Å². The second kappa shape index (κ2) is 9.19. The van der Waals surface area contributed by atoms with Crippen LogP contribution in [0.5, 0.6) is 0 Å². The van der Waals surface area contributed by atoms with Gasteiger partial charge in [-0.2, -0.15) is 0 Å². The summed E-state index contributed by atoms with van der Waals surface area (Å²) in [5.74, 6) is -0.298. The summed E-state index contributed by atoms with van der Waals surface area (Å²) in [6.07, 6.45) is 4.30. The molecule has 0 aliphatic heterocycles. The van der Waals surface area contributed by atoms with Crippen molar-refractivity contribution in [1.82, 2.24) is 5.32 Å². The number of carboxylic acid groups (broad SMARTS) is 1. The van der Waals surface area contributed by atoms with E-state index in [1.54, 1.807) is 0 Å². The van der Waals surface area contributed by atoms with Gasteiger partial charge >= 0.3 is 5.97 Å². The van der Waals surface area contributed by atoms with Crippen molar-refractivity contribution in [3.63, 3.8) is 0 Å². The van der Waals surface area contributed by atoms with E-state index < -0.39 is 5.97 Å². The van der Waals surface area contributed by atoms with Crippen LogP contribution >= 0.6 is 0 Å². The molecule has 0 rings (SSSR count). The third-order valence-corrected chi connectivity index (χ3v) is 2.57. The molecule has 16 heavy (non-hydrogen) atoms. The van der Waals surface area contributed by atoms with Crippen molar-refractivity contribution < 1.29 is 14.7 Å². The minimum atomic E-state index is -0.751. The molecule has 1 amide bonds. The number of carbonyl (C=O) groups excluding carboxylic acids is 1. The fraction of sp³-hybridized carbons (Fsp3) is 0.833. The molecule has 0 saturated heterocycles. The van der Waals surface area contributed by atoms with Crippen LogP contribution in [0.4, 0.5) is 0 Å². The fourth-order valence-electron chi connectivity index (χ4n) is 1.40. The Balaban J connectivity index is 3.42. The van der Waals surface area contributed by atoms with E-state index in [9.17, 15) is 9.59 Å². The molecule has 0 aliphatic rings. The van der Waals surface area contributed by atoms with Crippen LogP contribution in [0, 0.1) is 5.92 Å². The van der Waals surface area contributed by atoms with E-state index in [1.807, 2.05) is 6.92 Å². The topological polar surface area (TPSA) is 66.4 Å². The first-order valence-corrected chi connectivity index (χ1v) is 6.04. The average Bonchev–Trinajstić information content (AvgIpc) is 2.23. The number of carboxylic acids is 1. The Hall–Kier alpha value is -1.06. The summed E-state index contributed by atoms with van der Waals surface area (Å²) < 4.78 is 0. The molecule has 0 radical (unpaired) electrons. The first-order valence-electron chi connectivity index (χ1n) is 6.04. The lowest BCUT2D eigenvalue weighted by molar-refractivity contribution is -0.137. The Morgan fingerprint density at radius 3 is 2.50 bits per heavy atom. The number of carbonyl (C=O) groups is 2. The van der Waals surface area contributed by atoms with Gasteiger partial charge in [0.15, 0.2) is 0 Å². The summed E-state index contributed by atoms with van der Waals surface area (Å²) in [4.78, 5) is 21.6. The number of amides is 1. The number of unbranched alkanes of at least 4 members (excludes halogenated alkanes) is 1. The van der Waals surface area contributed by atoms with Crippen LogP contribution in [0.1, 0.15) is 52.4 Å². The van der Waals surface area contributed by atoms with E-state index in [2.05, 4.69) is 12.2 Å². The van der Waals surface area contributed by atoms with Crippen molar-refractivity contribution in [1.29, 1.82) is 0 Å². The van der Waals surface area contributed by atoms with Crippen molar-refractivity contribution in [2.45, 2.75) is 52.4 Å². The molecule has 0 aliphatic carbocycles. The second-order valence-electron chi connectivity index (χ2n) is 4.28. The molecule has 4 heteroatoms. The SMILES string of the molecule is CCCCC(=O)NCCC(C)CCC(=O)O. The van der Waals surface area contributed by atoms with Crippen LogP contribution in [0.25, 0.3) is 0 Å². The maximum Gasteiger partial charge on any atom is 0.303 e. The molecule has 0 aromatic carbocycles. The Bertz CT molecular complexity index is 216. The molecule has 0 bridgehead atoms. The zero-order chi connectivity index (χ0) is 12.4. The minimum Gasteiger partial charge on any atom is -0.481 e. The Morgan fingerprint density at radius 2 is 1.94 bits per heavy atom. The summed E-state index contributed by atoms with van der Waals surface area (Å²) in [6, 6.07) is 0. The van der Waals surface area contributed by atoms with E-state index in [4.69, 9.17) is 5.11 Å². The molecule has 4 nitrogen and oxygen atoms in total. The molecule has 94 valence electrons. The highest BCUT2D eigenvalue weighted by molar-refractivity contribution is 5.75. The van der Waals surface area contributed by atoms with E-state index >= 15 is 0 Å². The Labute approximate surface area is 97.4 Å². The van der Waals surface area contributed by atoms with Crippen LogP contribution in [0.3, 0.4) is 0 Å². The predicted molar refractivity (Wildman–Crippen MR) is 63.2 cm³/mol. The van der Waals surface area contributed by atoms with Gasteiger partial charge in [-0.15, -0.1) is 0 Å². The maximum absolute atomic E-state index is 11.2. The Kier molecular flexibility index (Phi) is 8.58. The monoisotopic (exact) mass is 229 g/mol. The van der Waals surface area contributed by atoms with Crippen molar-refractivity contribution >= 4 is 11.9 Å². The highest BCUT2D eigenvalue weighted by Crippen LogP contribution is 2.09. The largest absolute Gasteiger partial charge is 0.481 e. The third kappa shape index (κ3) is 9.49. The van der Waals surface area contributed by atoms with Gasteiger partial charge in [0.05, 0.1) is 0 Å². The zero-order valence-corrected chi connectivity index (χ0v) is 10.3. The van der Waals surface area contributed by atoms with Gasteiger partial charge < -0.3 is 10.4 Å². The van der Waals surface area contributed by atoms with Crippen LogP contribution in [-0.4, -0.2) is 23.5 Å². The molecule has 0 aromatic rings. The van der Waals surface area contributed by atoms with Crippen molar-refractivity contribution in [2.75, 3.05) is 6.54 Å². The lowest BCUT2D eigenvalue weighted by Gasteiger charge is -2.10. The van der Waals surface area contributed by atoms with Gasteiger partial charge in [-0.1, -0.05) is 20.3 Å². The summed E-state index contributed by atoms with van der Waals surface area (Å²) >= 11 is 0. The van der Waals surface area contributed by atoms with Gasteiger partial charge in [-0.3, -0.25) is 9.59 Å². The molecule has 0 heterocycles. The Morgan fingerprint density at radius 1 is 1.25 bits per heavy atom. The van der Waals surface area contributed by atoms with Crippen LogP contribution in [0.15, 0.2) is 0 Å². The van der Waals surface area contributed by atoms with Crippen LogP contribution < -0.4 is 5.32 Å². The first kappa shape index (κ1) is 14.9. The fourth-order valence-corrected chi connectivity index (χ4v) is 1.40. The normalized spacial score (nSPS) is 12.1. The molecule has 2 N–H and O–H groups in total. The lowest BCUT2D eigenvalue weighted by atomic mass is 10.0. The van der Waals surface area contributed by atoms with E-state index in [0.717, 1.165) is 19.3 Å². The molecule has 1 atom stereocenters. The molecular formula is C12H23NO3. The zero-order valence-electron chi connectivity index (χ0n) is 10.3. The van der Waals surface area contributed by atoms with E-state index in [0.29, 0.717) is 25.3 Å². The quantitative estimate of drug-likeness (QED) is 0.637. The van der Waals surface area contributed by atoms with E-state index in [-0.39, 0.29) is 12.3 Å². The molecular weight excluding hydrogens is 206 g/mol. The molecule has 0 saturated carbocycles. The van der Waals surface area contributed by atoms with E-state index in [1.165, 1.54) is 0 Å². The first-order chi connectivity index (χ1) is 7.56. The average molecular weight is 229 g/mol. The van der Waals surface area contributed by atoms with Crippen molar-refractivity contribution in [3.05, 3.63) is 0 Å². The number of rotatable bonds is 9. The molecule has 0 fully saturated rings. The second-order valence-corrected chi connectivity index (χ2v) is 4.28. The smallest absolute Gasteiger partial charge is 0.303 e. The summed E-state index contributed by atoms with van der Waals surface area (Å²) in [5, 5.41) is 11.4. The predicted octanol–water partition coefficient (Wildman–Crippen LogP) is 2.18. The highest BCUT2D eigenvalue weighted by Gasteiger charge is 2.06. The van der Waals surface area contributed by atoms with Gasteiger partial charge in [-0.25, -0.2) is 0 Å². The van der Waals surface area contributed by atoms with Crippen LogP contribution in [0.2, 0.25) is 0 Å². The summed E-state index contributed by atoms with van der Waals surface area (Å²) in [6.45, 7) is 4.73. The number of aliphatic carboxylic acids is 1. The summed E-state index contributed by atoms with van der Waals surface area (Å²) in [5.41, 5.74) is 0. The van der Waals surface area contributed by atoms with Gasteiger partial charge in [0.2, 0.25) is 5.91 Å².